The van der Waals surface area contributed by atoms with E-state index in [2.05, 4.69) is 15.1 Å². The fourth-order valence-corrected chi connectivity index (χ4v) is 2.35. The van der Waals surface area contributed by atoms with Crippen LogP contribution in [0.25, 0.3) is 11.0 Å². The number of rotatable bonds is 3. The van der Waals surface area contributed by atoms with Gasteiger partial charge in [0.25, 0.3) is 0 Å². The van der Waals surface area contributed by atoms with Gasteiger partial charge in [0, 0.05) is 13.0 Å². The predicted octanol–water partition coefficient (Wildman–Crippen LogP) is 3.35. The third kappa shape index (κ3) is 2.49. The van der Waals surface area contributed by atoms with Crippen molar-refractivity contribution >= 4 is 22.6 Å². The van der Waals surface area contributed by atoms with Crippen molar-refractivity contribution in [3.05, 3.63) is 41.3 Å². The van der Waals surface area contributed by atoms with Gasteiger partial charge in [-0.2, -0.15) is 4.98 Å². The Morgan fingerprint density at radius 2 is 2.10 bits per heavy atom. The Labute approximate surface area is 123 Å². The van der Waals surface area contributed by atoms with Crippen molar-refractivity contribution in [1.29, 1.82) is 0 Å². The maximum atomic E-state index is 13.8. The first-order valence-corrected chi connectivity index (χ1v) is 6.68. The highest BCUT2D eigenvalue weighted by molar-refractivity contribution is 6.20. The largest absolute Gasteiger partial charge is 0.340 e. The predicted molar refractivity (Wildman–Crippen MR) is 72.1 cm³/mol. The van der Waals surface area contributed by atoms with E-state index in [1.54, 1.807) is 18.4 Å². The second-order valence-electron chi connectivity index (χ2n) is 4.66. The lowest BCUT2D eigenvalue weighted by molar-refractivity contribution is 0.386. The standard InChI is InChI=1S/C13H11ClF2N4O/c1-6(14)13-18-12-9(16)3-8(15)4-10(12)20(13)5-11-17-7(2)21-19-11/h3-4,6H,5H2,1-2H3. The molecule has 21 heavy (non-hydrogen) atoms. The lowest BCUT2D eigenvalue weighted by atomic mass is 10.3. The quantitative estimate of drug-likeness (QED) is 0.696. The van der Waals surface area contributed by atoms with E-state index in [9.17, 15) is 8.78 Å². The van der Waals surface area contributed by atoms with Gasteiger partial charge >= 0.3 is 0 Å². The number of hydrogen-bond acceptors (Lipinski definition) is 4. The molecule has 3 aromatic rings. The van der Waals surface area contributed by atoms with Crippen molar-refractivity contribution in [3.63, 3.8) is 0 Å². The number of benzene rings is 1. The second kappa shape index (κ2) is 5.07. The van der Waals surface area contributed by atoms with Gasteiger partial charge in [-0.05, 0) is 13.0 Å². The van der Waals surface area contributed by atoms with Gasteiger partial charge in [-0.1, -0.05) is 5.16 Å². The van der Waals surface area contributed by atoms with Crippen LogP contribution in [-0.4, -0.2) is 19.7 Å². The average Bonchev–Trinajstić information content (AvgIpc) is 2.95. The molecule has 0 radical (unpaired) electrons. The minimum atomic E-state index is -0.730. The van der Waals surface area contributed by atoms with Crippen LogP contribution in [0.5, 0.6) is 0 Å². The lowest BCUT2D eigenvalue weighted by Crippen LogP contribution is -2.07. The third-order valence-electron chi connectivity index (χ3n) is 3.03. The minimum Gasteiger partial charge on any atom is -0.340 e. The van der Waals surface area contributed by atoms with Crippen LogP contribution in [-0.2, 0) is 6.54 Å². The second-order valence-corrected chi connectivity index (χ2v) is 5.31. The van der Waals surface area contributed by atoms with E-state index in [1.165, 1.54) is 6.07 Å². The van der Waals surface area contributed by atoms with E-state index < -0.39 is 17.0 Å². The Morgan fingerprint density at radius 1 is 1.33 bits per heavy atom. The number of fused-ring (bicyclic) bond motifs is 1. The first-order valence-electron chi connectivity index (χ1n) is 6.24. The number of alkyl halides is 1. The van der Waals surface area contributed by atoms with Gasteiger partial charge in [0.1, 0.15) is 17.2 Å². The molecular weight excluding hydrogens is 302 g/mol. The normalized spacial score (nSPS) is 13.0. The molecule has 110 valence electrons. The molecule has 0 amide bonds. The molecule has 1 unspecified atom stereocenters. The van der Waals surface area contributed by atoms with Crippen molar-refractivity contribution in [3.8, 4) is 0 Å². The van der Waals surface area contributed by atoms with Crippen LogP contribution in [0.15, 0.2) is 16.7 Å². The van der Waals surface area contributed by atoms with E-state index in [4.69, 9.17) is 16.1 Å². The Hall–Kier alpha value is -2.02. The molecule has 5 nitrogen and oxygen atoms in total. The summed E-state index contributed by atoms with van der Waals surface area (Å²) in [5.74, 6) is -0.202. The Bertz CT molecular complexity index is 812. The summed E-state index contributed by atoms with van der Waals surface area (Å²) in [6.07, 6.45) is 0. The summed E-state index contributed by atoms with van der Waals surface area (Å²) in [5, 5.41) is 3.30. The molecule has 0 spiro atoms. The summed E-state index contributed by atoms with van der Waals surface area (Å²) in [4.78, 5) is 8.24. The van der Waals surface area contributed by atoms with Gasteiger partial charge in [-0.3, -0.25) is 0 Å². The minimum absolute atomic E-state index is 0.0686. The van der Waals surface area contributed by atoms with Crippen molar-refractivity contribution < 1.29 is 13.3 Å². The Morgan fingerprint density at radius 3 is 2.71 bits per heavy atom. The Kier molecular flexibility index (Phi) is 3.36. The van der Waals surface area contributed by atoms with E-state index in [1.807, 2.05) is 0 Å². The number of halogens is 3. The van der Waals surface area contributed by atoms with E-state index >= 15 is 0 Å². The topological polar surface area (TPSA) is 56.7 Å². The van der Waals surface area contributed by atoms with Crippen LogP contribution in [0.2, 0.25) is 0 Å². The van der Waals surface area contributed by atoms with Crippen molar-refractivity contribution in [2.45, 2.75) is 25.8 Å². The number of imidazole rings is 1. The maximum Gasteiger partial charge on any atom is 0.223 e. The number of aromatic nitrogens is 4. The smallest absolute Gasteiger partial charge is 0.223 e. The van der Waals surface area contributed by atoms with Crippen molar-refractivity contribution in [2.75, 3.05) is 0 Å². The van der Waals surface area contributed by atoms with Gasteiger partial charge in [-0.15, -0.1) is 11.6 Å². The zero-order chi connectivity index (χ0) is 15.1. The van der Waals surface area contributed by atoms with E-state index in [0.29, 0.717) is 23.1 Å². The molecule has 0 saturated heterocycles. The number of nitrogens with zero attached hydrogens (tertiary/aromatic N) is 4. The monoisotopic (exact) mass is 312 g/mol. The van der Waals surface area contributed by atoms with Crippen molar-refractivity contribution in [2.24, 2.45) is 0 Å². The highest BCUT2D eigenvalue weighted by atomic mass is 35.5. The van der Waals surface area contributed by atoms with Crippen LogP contribution < -0.4 is 0 Å². The zero-order valence-corrected chi connectivity index (χ0v) is 12.0. The molecule has 0 fully saturated rings. The van der Waals surface area contributed by atoms with Gasteiger partial charge in [0.2, 0.25) is 5.89 Å². The molecule has 8 heteroatoms. The maximum absolute atomic E-state index is 13.8. The summed E-state index contributed by atoms with van der Waals surface area (Å²) in [6.45, 7) is 3.53. The summed E-state index contributed by atoms with van der Waals surface area (Å²) in [6, 6.07) is 2.00. The molecule has 3 rings (SSSR count). The van der Waals surface area contributed by atoms with Crippen LogP contribution in [0.4, 0.5) is 8.78 Å². The third-order valence-corrected chi connectivity index (χ3v) is 3.22. The summed E-state index contributed by atoms with van der Waals surface area (Å²) in [7, 11) is 0. The Balaban J connectivity index is 2.20. The van der Waals surface area contributed by atoms with Crippen molar-refractivity contribution in [1.82, 2.24) is 19.7 Å². The lowest BCUT2D eigenvalue weighted by Gasteiger charge is -2.07. The fraction of sp³-hybridized carbons (Fsp3) is 0.308. The molecular formula is C13H11ClF2N4O. The zero-order valence-electron chi connectivity index (χ0n) is 11.3. The van der Waals surface area contributed by atoms with E-state index in [-0.39, 0.29) is 12.1 Å². The highest BCUT2D eigenvalue weighted by Gasteiger charge is 2.20. The molecule has 0 aliphatic carbocycles. The highest BCUT2D eigenvalue weighted by Crippen LogP contribution is 2.27. The molecule has 2 heterocycles. The molecule has 0 N–H and O–H groups in total. The number of hydrogen-bond donors (Lipinski definition) is 0. The summed E-state index contributed by atoms with van der Waals surface area (Å²) < 4.78 is 33.8. The summed E-state index contributed by atoms with van der Waals surface area (Å²) in [5.41, 5.74) is 0.372. The fourth-order valence-electron chi connectivity index (χ4n) is 2.18. The summed E-state index contributed by atoms with van der Waals surface area (Å²) >= 11 is 6.08. The molecule has 1 atom stereocenters. The van der Waals surface area contributed by atoms with Crippen LogP contribution in [0, 0.1) is 18.6 Å². The first kappa shape index (κ1) is 13.9. The molecule has 0 aliphatic heterocycles. The average molecular weight is 313 g/mol. The number of aryl methyl sites for hydroxylation is 1. The van der Waals surface area contributed by atoms with Crippen LogP contribution in [0.1, 0.15) is 29.8 Å². The van der Waals surface area contributed by atoms with Crippen LogP contribution >= 0.6 is 11.6 Å². The van der Waals surface area contributed by atoms with Crippen LogP contribution in [0.3, 0.4) is 0 Å². The molecule has 0 saturated carbocycles. The first-order chi connectivity index (χ1) is 9.95. The van der Waals surface area contributed by atoms with Gasteiger partial charge in [0.15, 0.2) is 11.6 Å². The van der Waals surface area contributed by atoms with Gasteiger partial charge < -0.3 is 9.09 Å². The molecule has 2 aromatic heterocycles. The molecule has 0 bridgehead atoms. The molecule has 0 aliphatic rings. The molecule has 1 aromatic carbocycles. The van der Waals surface area contributed by atoms with Gasteiger partial charge in [0.05, 0.1) is 17.4 Å². The van der Waals surface area contributed by atoms with Gasteiger partial charge in [-0.25, -0.2) is 13.8 Å². The van der Waals surface area contributed by atoms with E-state index in [0.717, 1.165) is 6.07 Å². The SMILES string of the molecule is Cc1nc(Cn2c(C(C)Cl)nc3c(F)cc(F)cc32)no1.